The highest BCUT2D eigenvalue weighted by atomic mass is 15.0. The van der Waals surface area contributed by atoms with Crippen molar-refractivity contribution < 1.29 is 0 Å². The van der Waals surface area contributed by atoms with E-state index in [-0.39, 0.29) is 0 Å². The fourth-order valence-electron chi connectivity index (χ4n) is 3.66. The minimum Gasteiger partial charge on any atom is -0.341 e. The van der Waals surface area contributed by atoms with Gasteiger partial charge in [0.1, 0.15) is 0 Å². The third kappa shape index (κ3) is 1.36. The number of benzene rings is 2. The molecule has 0 fully saturated rings. The fraction of sp³-hybridized carbons (Fsp3) is 0.222. The Labute approximate surface area is 113 Å². The summed E-state index contributed by atoms with van der Waals surface area (Å²) in [5, 5.41) is 1.41. The number of nitrogens with zero attached hydrogens (tertiary/aromatic N) is 1. The maximum Gasteiger partial charge on any atom is 0.0524 e. The van der Waals surface area contributed by atoms with Crippen LogP contribution in [0.1, 0.15) is 24.2 Å². The molecule has 19 heavy (non-hydrogen) atoms. The Morgan fingerprint density at radius 3 is 2.58 bits per heavy atom. The van der Waals surface area contributed by atoms with E-state index in [4.69, 9.17) is 0 Å². The normalized spacial score (nSPS) is 17.3. The number of rotatable bonds is 1. The van der Waals surface area contributed by atoms with E-state index in [1.807, 2.05) is 0 Å². The van der Waals surface area contributed by atoms with Crippen molar-refractivity contribution >= 4 is 10.9 Å². The molecule has 1 unspecified atom stereocenters. The number of hydrogen-bond donors (Lipinski definition) is 0. The lowest BCUT2D eigenvalue weighted by molar-refractivity contribution is 0.584. The minimum atomic E-state index is 0.581. The minimum absolute atomic E-state index is 0.581. The van der Waals surface area contributed by atoms with E-state index in [0.717, 1.165) is 0 Å². The Hall–Kier alpha value is -2.02. The molecule has 1 nitrogen and oxygen atoms in total. The molecule has 0 N–H and O–H groups in total. The van der Waals surface area contributed by atoms with Gasteiger partial charge in [0.2, 0.25) is 0 Å². The first-order valence-corrected chi connectivity index (χ1v) is 6.95. The largest absolute Gasteiger partial charge is 0.341 e. The van der Waals surface area contributed by atoms with Gasteiger partial charge in [0, 0.05) is 22.7 Å². The molecule has 3 aromatic rings. The van der Waals surface area contributed by atoms with Crippen LogP contribution in [0.15, 0.2) is 48.5 Å². The molecule has 2 heterocycles. The van der Waals surface area contributed by atoms with Crippen molar-refractivity contribution in [2.75, 3.05) is 0 Å². The summed E-state index contributed by atoms with van der Waals surface area (Å²) in [6.07, 6.45) is 1.17. The molecule has 1 heteroatoms. The molecule has 0 saturated carbocycles. The summed E-state index contributed by atoms with van der Waals surface area (Å²) < 4.78 is 2.52. The molecular weight excluding hydrogens is 230 g/mol. The third-order valence-corrected chi connectivity index (χ3v) is 4.37. The highest BCUT2D eigenvalue weighted by Crippen LogP contribution is 2.42. The lowest BCUT2D eigenvalue weighted by Crippen LogP contribution is -2.02. The van der Waals surface area contributed by atoms with Crippen molar-refractivity contribution in [3.63, 3.8) is 0 Å². The van der Waals surface area contributed by atoms with Crippen LogP contribution in [0.25, 0.3) is 22.0 Å². The van der Waals surface area contributed by atoms with Crippen molar-refractivity contribution in [3.8, 4) is 11.1 Å². The second-order valence-electron chi connectivity index (χ2n) is 5.56. The van der Waals surface area contributed by atoms with Gasteiger partial charge in [-0.15, -0.1) is 0 Å². The van der Waals surface area contributed by atoms with Crippen LogP contribution in [0.4, 0.5) is 0 Å². The SMILES string of the molecule is Cc1c(-c2ccccc2)c2cccc3c2n1C(C)C3. The predicted octanol–water partition coefficient (Wildman–Crippen LogP) is 4.73. The summed E-state index contributed by atoms with van der Waals surface area (Å²) in [6.45, 7) is 4.58. The fourth-order valence-corrected chi connectivity index (χ4v) is 3.66. The Morgan fingerprint density at radius 2 is 1.79 bits per heavy atom. The van der Waals surface area contributed by atoms with Gasteiger partial charge in [-0.25, -0.2) is 0 Å². The average molecular weight is 247 g/mol. The molecule has 0 aliphatic carbocycles. The van der Waals surface area contributed by atoms with E-state index in [2.05, 4.69) is 66.9 Å². The lowest BCUT2D eigenvalue weighted by atomic mass is 9.99. The summed E-state index contributed by atoms with van der Waals surface area (Å²) in [4.78, 5) is 0. The van der Waals surface area contributed by atoms with Gasteiger partial charge in [0.05, 0.1) is 5.52 Å². The summed E-state index contributed by atoms with van der Waals surface area (Å²) in [7, 11) is 0. The van der Waals surface area contributed by atoms with E-state index in [1.165, 1.54) is 39.7 Å². The number of aromatic nitrogens is 1. The highest BCUT2D eigenvalue weighted by molar-refractivity contribution is 6.00. The first-order valence-electron chi connectivity index (χ1n) is 6.95. The van der Waals surface area contributed by atoms with Crippen LogP contribution in [0, 0.1) is 6.92 Å². The van der Waals surface area contributed by atoms with Crippen LogP contribution in [0.2, 0.25) is 0 Å². The number of hydrogen-bond acceptors (Lipinski definition) is 0. The van der Waals surface area contributed by atoms with E-state index in [1.54, 1.807) is 0 Å². The summed E-state index contributed by atoms with van der Waals surface area (Å²) in [6, 6.07) is 18.1. The molecule has 2 aromatic carbocycles. The van der Waals surface area contributed by atoms with Crippen LogP contribution in [0.5, 0.6) is 0 Å². The molecule has 1 atom stereocenters. The predicted molar refractivity (Wildman–Crippen MR) is 80.5 cm³/mol. The van der Waals surface area contributed by atoms with E-state index in [0.29, 0.717) is 6.04 Å². The smallest absolute Gasteiger partial charge is 0.0524 e. The monoisotopic (exact) mass is 247 g/mol. The van der Waals surface area contributed by atoms with Crippen molar-refractivity contribution in [1.29, 1.82) is 0 Å². The van der Waals surface area contributed by atoms with Crippen LogP contribution >= 0.6 is 0 Å². The van der Waals surface area contributed by atoms with Crippen LogP contribution < -0.4 is 0 Å². The van der Waals surface area contributed by atoms with Gasteiger partial charge in [0.15, 0.2) is 0 Å². The Bertz CT molecular complexity index is 765. The van der Waals surface area contributed by atoms with Crippen molar-refractivity contribution in [2.45, 2.75) is 26.3 Å². The van der Waals surface area contributed by atoms with Gasteiger partial charge in [-0.05, 0) is 31.4 Å². The average Bonchev–Trinajstić information content (AvgIpc) is 2.92. The van der Waals surface area contributed by atoms with Gasteiger partial charge < -0.3 is 4.57 Å². The van der Waals surface area contributed by atoms with Crippen molar-refractivity contribution in [2.24, 2.45) is 0 Å². The molecule has 0 amide bonds. The van der Waals surface area contributed by atoms with Crippen LogP contribution in [-0.4, -0.2) is 4.57 Å². The molecule has 1 aromatic heterocycles. The quantitative estimate of drug-likeness (QED) is 0.585. The van der Waals surface area contributed by atoms with Gasteiger partial charge in [-0.3, -0.25) is 0 Å². The summed E-state index contributed by atoms with van der Waals surface area (Å²) >= 11 is 0. The Balaban J connectivity index is 2.14. The maximum absolute atomic E-state index is 2.52. The third-order valence-electron chi connectivity index (χ3n) is 4.37. The standard InChI is InChI=1S/C18H17N/c1-12-11-15-9-6-10-16-17(13(2)19(12)18(15)16)14-7-4-3-5-8-14/h3-10,12H,11H2,1-2H3. The summed E-state index contributed by atoms with van der Waals surface area (Å²) in [5.74, 6) is 0. The van der Waals surface area contributed by atoms with E-state index >= 15 is 0 Å². The van der Waals surface area contributed by atoms with Gasteiger partial charge in [-0.2, -0.15) is 0 Å². The molecular formula is C18H17N. The molecule has 94 valence electrons. The first kappa shape index (κ1) is 10.9. The zero-order valence-corrected chi connectivity index (χ0v) is 11.4. The van der Waals surface area contributed by atoms with Crippen molar-refractivity contribution in [1.82, 2.24) is 4.57 Å². The first-order chi connectivity index (χ1) is 9.27. The molecule has 0 spiro atoms. The topological polar surface area (TPSA) is 4.93 Å². The molecule has 0 radical (unpaired) electrons. The molecule has 0 bridgehead atoms. The lowest BCUT2D eigenvalue weighted by Gasteiger charge is -2.11. The van der Waals surface area contributed by atoms with E-state index < -0.39 is 0 Å². The second-order valence-corrected chi connectivity index (χ2v) is 5.56. The second kappa shape index (κ2) is 3.74. The van der Waals surface area contributed by atoms with Crippen LogP contribution in [-0.2, 0) is 6.42 Å². The van der Waals surface area contributed by atoms with Gasteiger partial charge in [-0.1, -0.05) is 48.5 Å². The highest BCUT2D eigenvalue weighted by Gasteiger charge is 2.26. The molecule has 4 rings (SSSR count). The molecule has 0 saturated heterocycles. The van der Waals surface area contributed by atoms with Gasteiger partial charge >= 0.3 is 0 Å². The Morgan fingerprint density at radius 1 is 1.00 bits per heavy atom. The maximum atomic E-state index is 2.52. The molecule has 1 aliphatic rings. The van der Waals surface area contributed by atoms with Gasteiger partial charge in [0.25, 0.3) is 0 Å². The molecule has 1 aliphatic heterocycles. The number of para-hydroxylation sites is 1. The van der Waals surface area contributed by atoms with Crippen LogP contribution in [0.3, 0.4) is 0 Å². The zero-order chi connectivity index (χ0) is 13.0. The van der Waals surface area contributed by atoms with Crippen molar-refractivity contribution in [3.05, 3.63) is 59.8 Å². The summed E-state index contributed by atoms with van der Waals surface area (Å²) in [5.41, 5.74) is 7.08. The van der Waals surface area contributed by atoms with E-state index in [9.17, 15) is 0 Å². The zero-order valence-electron chi connectivity index (χ0n) is 11.4. The Kier molecular flexibility index (Phi) is 2.14.